The van der Waals surface area contributed by atoms with Crippen LogP contribution in [0.5, 0.6) is 0 Å². The fraction of sp³-hybridized carbons (Fsp3) is 0. The van der Waals surface area contributed by atoms with E-state index in [0.29, 0.717) is 0 Å². The predicted octanol–water partition coefficient (Wildman–Crippen LogP) is -0.646. The van der Waals surface area contributed by atoms with Gasteiger partial charge in [-0.05, 0) is 35.4 Å². The first-order valence-electron chi connectivity index (χ1n) is 10.5. The molecular formula is C22H12Cl4N6Na2O6S2. The summed E-state index contributed by atoms with van der Waals surface area (Å²) in [5.74, 6) is -0.112. The minimum atomic E-state index is -5.02. The molecule has 42 heavy (non-hydrogen) atoms. The van der Waals surface area contributed by atoms with E-state index >= 15 is 0 Å². The number of nitrogens with zero attached hydrogens (tertiary/aromatic N) is 4. The van der Waals surface area contributed by atoms with Crippen LogP contribution in [0.2, 0.25) is 20.6 Å². The molecule has 2 heterocycles. The third kappa shape index (κ3) is 10.2. The summed E-state index contributed by atoms with van der Waals surface area (Å²) < 4.78 is 72.0. The molecule has 0 aliphatic carbocycles. The Labute approximate surface area is 304 Å². The van der Waals surface area contributed by atoms with Crippen molar-refractivity contribution < 1.29 is 85.1 Å². The van der Waals surface area contributed by atoms with Gasteiger partial charge in [-0.15, -0.1) is 0 Å². The van der Waals surface area contributed by atoms with Gasteiger partial charge in [0, 0.05) is 23.5 Å². The number of benzene rings is 2. The molecule has 0 saturated heterocycles. The fourth-order valence-corrected chi connectivity index (χ4v) is 5.50. The van der Waals surface area contributed by atoms with Crippen LogP contribution < -0.4 is 69.7 Å². The normalized spacial score (nSPS) is 11.5. The maximum Gasteiger partial charge on any atom is 1.00 e. The Balaban J connectivity index is 0.00000308. The number of hydrogen-bond donors (Lipinski definition) is 2. The second-order valence-electron chi connectivity index (χ2n) is 7.67. The SMILES string of the molecule is O=S(=O)([O-])c1cc(Nc2nc(Cl)cc(Cl)n2)ccc1/C=C/c1ccc(Nc2nc(Cl)cc(Cl)n2)cc1S(=O)(=O)[O-].[Na+].[Na+]. The van der Waals surface area contributed by atoms with Crippen LogP contribution in [0.25, 0.3) is 12.2 Å². The largest absolute Gasteiger partial charge is 1.00 e. The zero-order chi connectivity index (χ0) is 29.2. The molecule has 0 aliphatic heterocycles. The summed E-state index contributed by atoms with van der Waals surface area (Å²) in [4.78, 5) is 14.3. The molecule has 0 fully saturated rings. The summed E-state index contributed by atoms with van der Waals surface area (Å²) in [7, 11) is -10.0. The maximum atomic E-state index is 12.0. The van der Waals surface area contributed by atoms with Gasteiger partial charge in [-0.25, -0.2) is 36.8 Å². The molecule has 208 valence electrons. The molecule has 0 saturated carbocycles. The molecule has 0 amide bonds. The maximum absolute atomic E-state index is 12.0. The van der Waals surface area contributed by atoms with Crippen LogP contribution in [0.3, 0.4) is 0 Å². The molecule has 20 heteroatoms. The molecule has 0 bridgehead atoms. The monoisotopic (exact) mass is 706 g/mol. The number of halogens is 4. The summed E-state index contributed by atoms with van der Waals surface area (Å²) in [6.07, 6.45) is 2.33. The van der Waals surface area contributed by atoms with E-state index in [1.807, 2.05) is 0 Å². The molecule has 0 radical (unpaired) electrons. The average molecular weight is 708 g/mol. The summed E-state index contributed by atoms with van der Waals surface area (Å²) >= 11 is 23.3. The fourth-order valence-electron chi connectivity index (χ4n) is 3.26. The van der Waals surface area contributed by atoms with Crippen molar-refractivity contribution in [2.24, 2.45) is 0 Å². The second-order valence-corrected chi connectivity index (χ2v) is 11.9. The molecule has 4 aromatic rings. The van der Waals surface area contributed by atoms with Gasteiger partial charge in [0.25, 0.3) is 0 Å². The van der Waals surface area contributed by atoms with E-state index in [0.717, 1.165) is 24.3 Å². The summed E-state index contributed by atoms with van der Waals surface area (Å²) in [6, 6.07) is 9.98. The van der Waals surface area contributed by atoms with Crippen molar-refractivity contribution in [2.75, 3.05) is 10.6 Å². The second kappa shape index (κ2) is 15.3. The third-order valence-electron chi connectivity index (χ3n) is 4.85. The van der Waals surface area contributed by atoms with E-state index in [2.05, 4.69) is 30.6 Å². The first-order chi connectivity index (χ1) is 18.7. The van der Waals surface area contributed by atoms with Crippen molar-refractivity contribution in [1.29, 1.82) is 0 Å². The van der Waals surface area contributed by atoms with Crippen LogP contribution in [0.15, 0.2) is 58.3 Å². The topological polar surface area (TPSA) is 190 Å². The van der Waals surface area contributed by atoms with Gasteiger partial charge in [-0.2, -0.15) is 0 Å². The Morgan fingerprint density at radius 2 is 0.881 bits per heavy atom. The quantitative estimate of drug-likeness (QED) is 0.102. The standard InChI is InChI=1S/C22H14Cl4N6O6S2.2Na/c23-17-9-18(24)30-21(29-17)27-13-5-3-11(15(7-13)39(33,34)35)1-2-12-4-6-14(8-16(12)40(36,37)38)28-22-31-19(25)10-20(26)32-22;;/h1-10H,(H,27,29,30)(H,28,31,32)(H,33,34,35)(H,36,37,38);;/q;2*+1/p-2/b2-1+;;. The van der Waals surface area contributed by atoms with E-state index < -0.39 is 30.0 Å². The van der Waals surface area contributed by atoms with Crippen LogP contribution in [0, 0.1) is 0 Å². The smallest absolute Gasteiger partial charge is 0.744 e. The van der Waals surface area contributed by atoms with Gasteiger partial charge < -0.3 is 19.7 Å². The van der Waals surface area contributed by atoms with Crippen molar-refractivity contribution in [3.63, 3.8) is 0 Å². The molecule has 0 spiro atoms. The Hall–Kier alpha value is -1.08. The van der Waals surface area contributed by atoms with Gasteiger partial charge in [-0.1, -0.05) is 70.7 Å². The van der Waals surface area contributed by atoms with Gasteiger partial charge in [0.05, 0.1) is 9.79 Å². The van der Waals surface area contributed by atoms with Crippen molar-refractivity contribution in [3.8, 4) is 0 Å². The van der Waals surface area contributed by atoms with Crippen molar-refractivity contribution in [2.45, 2.75) is 9.79 Å². The Bertz CT molecular complexity index is 1710. The predicted molar refractivity (Wildman–Crippen MR) is 148 cm³/mol. The van der Waals surface area contributed by atoms with E-state index in [1.54, 1.807) is 0 Å². The number of rotatable bonds is 8. The van der Waals surface area contributed by atoms with E-state index in [9.17, 15) is 25.9 Å². The Kier molecular flexibility index (Phi) is 13.5. The van der Waals surface area contributed by atoms with Gasteiger partial charge >= 0.3 is 59.1 Å². The molecule has 2 aromatic heterocycles. The van der Waals surface area contributed by atoms with Crippen molar-refractivity contribution >= 4 is 102 Å². The minimum absolute atomic E-state index is 0. The molecule has 12 nitrogen and oxygen atoms in total. The Morgan fingerprint density at radius 1 is 0.571 bits per heavy atom. The van der Waals surface area contributed by atoms with Crippen LogP contribution in [0.4, 0.5) is 23.3 Å². The number of aromatic nitrogens is 4. The van der Waals surface area contributed by atoms with Crippen LogP contribution in [-0.4, -0.2) is 45.9 Å². The molecule has 4 rings (SSSR count). The first kappa shape index (κ1) is 37.1. The number of nitrogens with one attached hydrogen (secondary N) is 2. The van der Waals surface area contributed by atoms with Gasteiger partial charge in [0.15, 0.2) is 0 Å². The zero-order valence-corrected chi connectivity index (χ0v) is 30.0. The molecular weight excluding hydrogens is 696 g/mol. The summed E-state index contributed by atoms with van der Waals surface area (Å²) in [5, 5.41) is 5.46. The average Bonchev–Trinajstić information content (AvgIpc) is 2.81. The van der Waals surface area contributed by atoms with E-state index in [1.165, 1.54) is 36.4 Å². The van der Waals surface area contributed by atoms with Gasteiger partial charge in [0.2, 0.25) is 11.9 Å². The van der Waals surface area contributed by atoms with Crippen LogP contribution in [-0.2, 0) is 20.2 Å². The first-order valence-corrected chi connectivity index (χ1v) is 14.8. The molecule has 2 aromatic carbocycles. The Morgan fingerprint density at radius 3 is 1.17 bits per heavy atom. The van der Waals surface area contributed by atoms with E-state index in [-0.39, 0.29) is 114 Å². The third-order valence-corrected chi connectivity index (χ3v) is 7.41. The van der Waals surface area contributed by atoms with Crippen molar-refractivity contribution in [1.82, 2.24) is 19.9 Å². The van der Waals surface area contributed by atoms with Crippen molar-refractivity contribution in [3.05, 3.63) is 80.3 Å². The molecule has 0 atom stereocenters. The molecule has 0 aliphatic rings. The zero-order valence-electron chi connectivity index (χ0n) is 21.3. The molecule has 0 unspecified atom stereocenters. The minimum Gasteiger partial charge on any atom is -0.744 e. The summed E-state index contributed by atoms with van der Waals surface area (Å²) in [6.45, 7) is 0. The van der Waals surface area contributed by atoms with E-state index in [4.69, 9.17) is 46.4 Å². The van der Waals surface area contributed by atoms with Crippen LogP contribution in [0.1, 0.15) is 11.1 Å². The van der Waals surface area contributed by atoms with Crippen LogP contribution >= 0.6 is 46.4 Å². The van der Waals surface area contributed by atoms with Gasteiger partial charge in [0.1, 0.15) is 40.8 Å². The molecule has 2 N–H and O–H groups in total. The summed E-state index contributed by atoms with van der Waals surface area (Å²) in [5.41, 5.74) is 0.0472. The number of hydrogen-bond acceptors (Lipinski definition) is 12. The van der Waals surface area contributed by atoms with Gasteiger partial charge in [-0.3, -0.25) is 0 Å². The number of anilines is 4.